The summed E-state index contributed by atoms with van der Waals surface area (Å²) in [5, 5.41) is 18.5. The maximum atomic E-state index is 12.8. The summed E-state index contributed by atoms with van der Waals surface area (Å²) in [7, 11) is 3.28. The predicted octanol–water partition coefficient (Wildman–Crippen LogP) is 0.170. The summed E-state index contributed by atoms with van der Waals surface area (Å²) < 4.78 is 6.94. The second-order valence-corrected chi connectivity index (χ2v) is 8.00. The van der Waals surface area contributed by atoms with E-state index in [0.717, 1.165) is 16.7 Å². The quantitative estimate of drug-likeness (QED) is 0.222. The van der Waals surface area contributed by atoms with Gasteiger partial charge >= 0.3 is 5.97 Å². The summed E-state index contributed by atoms with van der Waals surface area (Å²) in [5.41, 5.74) is 9.73. The van der Waals surface area contributed by atoms with Crippen LogP contribution in [0.25, 0.3) is 11.1 Å². The highest BCUT2D eigenvalue weighted by Gasteiger charge is 2.26. The smallest absolute Gasteiger partial charge is 0.311 e. The van der Waals surface area contributed by atoms with Crippen LogP contribution in [-0.4, -0.2) is 30.9 Å². The molecule has 7 nitrogen and oxygen atoms in total. The summed E-state index contributed by atoms with van der Waals surface area (Å²) in [6.07, 6.45) is 4.31. The van der Waals surface area contributed by atoms with Crippen molar-refractivity contribution >= 4 is 17.7 Å². The first-order valence-electron chi connectivity index (χ1n) is 10.6. The number of ether oxygens (including phenoxy) is 1. The van der Waals surface area contributed by atoms with E-state index in [9.17, 15) is 9.90 Å². The molecule has 0 bridgehead atoms. The van der Waals surface area contributed by atoms with E-state index in [-0.39, 0.29) is 11.7 Å². The summed E-state index contributed by atoms with van der Waals surface area (Å²) in [6.45, 7) is 1.74. The molecule has 0 aliphatic rings. The van der Waals surface area contributed by atoms with Gasteiger partial charge in [-0.15, -0.1) is 0 Å². The van der Waals surface area contributed by atoms with Crippen molar-refractivity contribution in [2.75, 3.05) is 7.11 Å². The lowest BCUT2D eigenvalue weighted by Gasteiger charge is -2.22. The molecule has 0 saturated carbocycles. The first-order chi connectivity index (χ1) is 15.8. The Morgan fingerprint density at radius 2 is 1.85 bits per heavy atom. The van der Waals surface area contributed by atoms with Crippen LogP contribution in [0, 0.1) is 5.92 Å². The standard InChI is InChI=1S/C26H28N4O3/c1-17(23(26(32)33-3)15-18-6-4-7-21(14-18)24(27)28)29-25(31)20-11-9-19(10-12-20)22-8-5-13-30(2)16-22/h4-14,16-17,23H,15H2,1-3H3,(H3-,27,28,29,31)/p+1/t17-,23-/m1/s1. The fourth-order valence-corrected chi connectivity index (χ4v) is 3.65. The van der Waals surface area contributed by atoms with E-state index in [1.807, 2.05) is 66.5 Å². The van der Waals surface area contributed by atoms with Crippen molar-refractivity contribution in [1.29, 1.82) is 0 Å². The number of benzene rings is 2. The van der Waals surface area contributed by atoms with Crippen LogP contribution in [0.1, 0.15) is 23.6 Å². The zero-order chi connectivity index (χ0) is 24.0. The number of hydrogen-bond donors (Lipinski definition) is 2. The van der Waals surface area contributed by atoms with Crippen LogP contribution in [-0.2, 0) is 23.0 Å². The number of nitrogens with two attached hydrogens (primary N) is 2. The van der Waals surface area contributed by atoms with Crippen molar-refractivity contribution in [1.82, 2.24) is 0 Å². The Morgan fingerprint density at radius 1 is 1.12 bits per heavy atom. The molecule has 3 rings (SSSR count). The molecular formula is C26H29N4O3+. The third kappa shape index (κ3) is 6.04. The Morgan fingerprint density at radius 3 is 2.48 bits per heavy atom. The third-order valence-electron chi connectivity index (χ3n) is 5.53. The van der Waals surface area contributed by atoms with E-state index in [1.165, 1.54) is 7.11 Å². The molecule has 0 aliphatic heterocycles. The average molecular weight is 446 g/mol. The number of nitrogens with zero attached hydrogens (tertiary/aromatic N) is 2. The Hall–Kier alpha value is -4.00. The van der Waals surface area contributed by atoms with Crippen LogP contribution in [0.4, 0.5) is 0 Å². The first-order valence-corrected chi connectivity index (χ1v) is 10.6. The lowest BCUT2D eigenvalue weighted by atomic mass is 9.92. The predicted molar refractivity (Wildman–Crippen MR) is 125 cm³/mol. The average Bonchev–Trinajstić information content (AvgIpc) is 2.82. The van der Waals surface area contributed by atoms with Gasteiger partial charge in [-0.2, -0.15) is 0 Å². The van der Waals surface area contributed by atoms with Crippen LogP contribution in [0.3, 0.4) is 0 Å². The topological polar surface area (TPSA) is 117 Å². The highest BCUT2D eigenvalue weighted by atomic mass is 16.5. The normalized spacial score (nSPS) is 13.2. The summed E-state index contributed by atoms with van der Waals surface area (Å²) in [6, 6.07) is 18.0. The van der Waals surface area contributed by atoms with E-state index in [0.29, 0.717) is 17.5 Å². The number of aliphatic imine (C=N–C) groups is 1. The number of carbonyl (C=O) groups excluding carboxylic acids is 1. The Balaban J connectivity index is 1.80. The maximum absolute atomic E-state index is 12.8. The van der Waals surface area contributed by atoms with Gasteiger partial charge in [0, 0.05) is 11.6 Å². The van der Waals surface area contributed by atoms with Crippen LogP contribution >= 0.6 is 0 Å². The van der Waals surface area contributed by atoms with E-state index < -0.39 is 17.9 Å². The number of rotatable bonds is 8. The second-order valence-electron chi connectivity index (χ2n) is 8.00. The Kier molecular flexibility index (Phi) is 7.56. The van der Waals surface area contributed by atoms with E-state index >= 15 is 0 Å². The van der Waals surface area contributed by atoms with Crippen molar-refractivity contribution < 1.29 is 24.6 Å². The molecule has 0 unspecified atom stereocenters. The molecule has 3 aromatic rings. The van der Waals surface area contributed by atoms with Gasteiger partial charge < -0.3 is 9.84 Å². The van der Waals surface area contributed by atoms with Gasteiger partial charge in [0.2, 0.25) is 0 Å². The van der Waals surface area contributed by atoms with Gasteiger partial charge in [-0.25, -0.2) is 4.57 Å². The fourth-order valence-electron chi connectivity index (χ4n) is 3.65. The molecule has 4 N–H and O–H groups in total. The first kappa shape index (κ1) is 23.7. The van der Waals surface area contributed by atoms with Crippen LogP contribution in [0.2, 0.25) is 0 Å². The summed E-state index contributed by atoms with van der Waals surface area (Å²) >= 11 is 0. The molecule has 7 heteroatoms. The molecule has 0 saturated heterocycles. The number of esters is 1. The number of methoxy groups -OCH3 is 1. The number of hydrogen-bond acceptors (Lipinski definition) is 4. The molecule has 1 heterocycles. The van der Waals surface area contributed by atoms with Crippen LogP contribution < -0.4 is 20.8 Å². The summed E-state index contributed by atoms with van der Waals surface area (Å²) in [5.74, 6) is -1.24. The van der Waals surface area contributed by atoms with Gasteiger partial charge in [-0.3, -0.25) is 20.9 Å². The van der Waals surface area contributed by atoms with Crippen molar-refractivity contribution in [3.63, 3.8) is 0 Å². The van der Waals surface area contributed by atoms with E-state index in [1.54, 1.807) is 25.1 Å². The zero-order valence-corrected chi connectivity index (χ0v) is 19.1. The number of aromatic nitrogens is 1. The minimum atomic E-state index is -0.628. The van der Waals surface area contributed by atoms with Crippen molar-refractivity contribution in [2.45, 2.75) is 19.4 Å². The zero-order valence-electron chi connectivity index (χ0n) is 19.1. The Bertz CT molecular complexity index is 1170. The minimum absolute atomic E-state index is 0.201. The molecular weight excluding hydrogens is 416 g/mol. The molecule has 0 spiro atoms. The molecule has 33 heavy (non-hydrogen) atoms. The molecule has 0 radical (unpaired) electrons. The Labute approximate surface area is 193 Å². The SMILES string of the molecule is COC(=O)[C@H](Cc1cccc(C(N)=[NH2+])c1)[C@@H](C)N=C([O-])c1ccc(-c2ccc[n+](C)c2)cc1. The summed E-state index contributed by atoms with van der Waals surface area (Å²) in [4.78, 5) is 16.8. The van der Waals surface area contributed by atoms with Gasteiger partial charge in [0.05, 0.1) is 24.6 Å². The van der Waals surface area contributed by atoms with Crippen molar-refractivity contribution in [3.05, 3.63) is 89.7 Å². The fraction of sp³-hybridized carbons (Fsp3) is 0.231. The number of amidine groups is 1. The van der Waals surface area contributed by atoms with Gasteiger partial charge in [-0.05, 0) is 54.1 Å². The third-order valence-corrected chi connectivity index (χ3v) is 5.53. The molecule has 0 amide bonds. The second kappa shape index (κ2) is 10.5. The minimum Gasteiger partial charge on any atom is -0.858 e. The number of pyridine rings is 1. The number of carbonyl (C=O) groups is 1. The molecule has 2 aromatic carbocycles. The number of aryl methyl sites for hydroxylation is 1. The van der Waals surface area contributed by atoms with Crippen LogP contribution in [0.15, 0.2) is 78.0 Å². The van der Waals surface area contributed by atoms with Crippen molar-refractivity contribution in [3.8, 4) is 11.1 Å². The van der Waals surface area contributed by atoms with Gasteiger partial charge in [0.25, 0.3) is 5.84 Å². The largest absolute Gasteiger partial charge is 0.858 e. The van der Waals surface area contributed by atoms with Gasteiger partial charge in [0.1, 0.15) is 7.05 Å². The highest BCUT2D eigenvalue weighted by molar-refractivity contribution is 5.93. The van der Waals surface area contributed by atoms with E-state index in [2.05, 4.69) is 4.99 Å². The van der Waals surface area contributed by atoms with Crippen LogP contribution in [0.5, 0.6) is 0 Å². The molecule has 1 aromatic heterocycles. The maximum Gasteiger partial charge on any atom is 0.311 e. The van der Waals surface area contributed by atoms with Gasteiger partial charge in [-0.1, -0.05) is 36.4 Å². The monoisotopic (exact) mass is 445 g/mol. The molecule has 0 aliphatic carbocycles. The molecule has 170 valence electrons. The van der Waals surface area contributed by atoms with E-state index in [4.69, 9.17) is 15.9 Å². The molecule has 2 atom stereocenters. The lowest BCUT2D eigenvalue weighted by Crippen LogP contribution is -2.46. The van der Waals surface area contributed by atoms with Crippen molar-refractivity contribution in [2.24, 2.45) is 23.7 Å². The molecule has 0 fully saturated rings. The van der Waals surface area contributed by atoms with Gasteiger partial charge in [0.15, 0.2) is 12.4 Å². The highest BCUT2D eigenvalue weighted by Crippen LogP contribution is 2.20. The lowest BCUT2D eigenvalue weighted by molar-refractivity contribution is -0.671.